The molecule has 0 saturated carbocycles. The quantitative estimate of drug-likeness (QED) is 0.791. The van der Waals surface area contributed by atoms with Gasteiger partial charge in [0.1, 0.15) is 0 Å². The molecule has 152 valence electrons. The summed E-state index contributed by atoms with van der Waals surface area (Å²) in [6.45, 7) is 3.26. The maximum atomic E-state index is 12.8. The van der Waals surface area contributed by atoms with Gasteiger partial charge in [-0.1, -0.05) is 37.3 Å². The van der Waals surface area contributed by atoms with Gasteiger partial charge in [0.05, 0.1) is 16.5 Å². The van der Waals surface area contributed by atoms with Gasteiger partial charge in [-0.2, -0.15) is 9.57 Å². The molecule has 1 aliphatic rings. The molecule has 1 heterocycles. The number of hydrogen-bond donors (Lipinski definition) is 1. The smallest absolute Gasteiger partial charge is 0.243 e. The predicted octanol–water partition coefficient (Wildman–Crippen LogP) is 2.88. The number of sulfonamides is 1. The van der Waals surface area contributed by atoms with Crippen molar-refractivity contribution in [2.75, 3.05) is 19.6 Å². The highest BCUT2D eigenvalue weighted by atomic mass is 32.2. The van der Waals surface area contributed by atoms with Gasteiger partial charge in [0.2, 0.25) is 15.9 Å². The minimum absolute atomic E-state index is 0.0109. The van der Waals surface area contributed by atoms with E-state index in [1.165, 1.54) is 34.1 Å². The highest BCUT2D eigenvalue weighted by molar-refractivity contribution is 7.89. The lowest BCUT2D eigenvalue weighted by Gasteiger charge is -2.30. The zero-order valence-corrected chi connectivity index (χ0v) is 17.2. The van der Waals surface area contributed by atoms with Crippen LogP contribution < -0.4 is 5.32 Å². The van der Waals surface area contributed by atoms with Gasteiger partial charge in [0.25, 0.3) is 0 Å². The van der Waals surface area contributed by atoms with Crippen LogP contribution in [0.15, 0.2) is 59.5 Å². The Balaban J connectivity index is 1.52. The first kappa shape index (κ1) is 21.0. The van der Waals surface area contributed by atoms with E-state index in [2.05, 4.69) is 12.2 Å². The van der Waals surface area contributed by atoms with Crippen molar-refractivity contribution in [3.8, 4) is 6.07 Å². The molecule has 0 radical (unpaired) electrons. The van der Waals surface area contributed by atoms with Crippen molar-refractivity contribution in [3.63, 3.8) is 0 Å². The summed E-state index contributed by atoms with van der Waals surface area (Å²) in [5, 5.41) is 11.9. The normalized spacial score (nSPS) is 16.7. The number of nitrogens with zero attached hydrogens (tertiary/aromatic N) is 2. The first-order valence-corrected chi connectivity index (χ1v) is 11.2. The minimum atomic E-state index is -3.61. The molecule has 7 heteroatoms. The fraction of sp³-hybridized carbons (Fsp3) is 0.364. The van der Waals surface area contributed by atoms with E-state index in [0.717, 1.165) is 0 Å². The Bertz CT molecular complexity index is 974. The number of benzene rings is 2. The van der Waals surface area contributed by atoms with Crippen LogP contribution in [0.4, 0.5) is 0 Å². The summed E-state index contributed by atoms with van der Waals surface area (Å²) in [4.78, 5) is 12.7. The maximum Gasteiger partial charge on any atom is 0.243 e. The van der Waals surface area contributed by atoms with E-state index < -0.39 is 10.0 Å². The lowest BCUT2D eigenvalue weighted by molar-refractivity contribution is -0.126. The molecule has 2 aromatic carbocycles. The molecule has 29 heavy (non-hydrogen) atoms. The molecule has 1 saturated heterocycles. The second-order valence-corrected chi connectivity index (χ2v) is 9.31. The van der Waals surface area contributed by atoms with Gasteiger partial charge in [0.15, 0.2) is 0 Å². The van der Waals surface area contributed by atoms with E-state index in [4.69, 9.17) is 5.26 Å². The highest BCUT2D eigenvalue weighted by Gasteiger charge is 2.32. The summed E-state index contributed by atoms with van der Waals surface area (Å²) in [6.07, 6.45) is 1.00. The van der Waals surface area contributed by atoms with Gasteiger partial charge in [0, 0.05) is 25.6 Å². The highest BCUT2D eigenvalue weighted by Crippen LogP contribution is 2.24. The van der Waals surface area contributed by atoms with Crippen LogP contribution in [0.1, 0.15) is 36.8 Å². The number of piperidine rings is 1. The molecule has 1 N–H and O–H groups in total. The molecule has 1 aliphatic heterocycles. The van der Waals surface area contributed by atoms with Gasteiger partial charge in [-0.3, -0.25) is 4.79 Å². The van der Waals surface area contributed by atoms with Crippen molar-refractivity contribution in [3.05, 3.63) is 65.7 Å². The fourth-order valence-electron chi connectivity index (χ4n) is 3.51. The number of carbonyl (C=O) groups excluding carboxylic acids is 1. The number of nitriles is 1. The minimum Gasteiger partial charge on any atom is -0.355 e. The summed E-state index contributed by atoms with van der Waals surface area (Å²) in [6, 6.07) is 17.9. The molecule has 2 aromatic rings. The van der Waals surface area contributed by atoms with E-state index in [1.807, 2.05) is 36.4 Å². The Morgan fingerprint density at radius 1 is 1.14 bits per heavy atom. The summed E-state index contributed by atoms with van der Waals surface area (Å²) >= 11 is 0. The van der Waals surface area contributed by atoms with Crippen molar-refractivity contribution in [1.29, 1.82) is 5.26 Å². The third kappa shape index (κ3) is 5.03. The predicted molar refractivity (Wildman–Crippen MR) is 111 cm³/mol. The summed E-state index contributed by atoms with van der Waals surface area (Å²) in [7, 11) is -3.61. The number of hydrogen-bond acceptors (Lipinski definition) is 4. The summed E-state index contributed by atoms with van der Waals surface area (Å²) < 4.78 is 27.0. The van der Waals surface area contributed by atoms with Crippen LogP contribution in [0, 0.1) is 17.2 Å². The molecule has 6 nitrogen and oxygen atoms in total. The fourth-order valence-corrected chi connectivity index (χ4v) is 4.98. The van der Waals surface area contributed by atoms with E-state index in [1.54, 1.807) is 0 Å². The molecule has 0 bridgehead atoms. The zero-order valence-electron chi connectivity index (χ0n) is 16.4. The molecule has 0 aromatic heterocycles. The van der Waals surface area contributed by atoms with Crippen LogP contribution in [0.3, 0.4) is 0 Å². The van der Waals surface area contributed by atoms with Crippen molar-refractivity contribution < 1.29 is 13.2 Å². The first-order valence-electron chi connectivity index (χ1n) is 9.75. The van der Waals surface area contributed by atoms with E-state index >= 15 is 0 Å². The Labute approximate surface area is 172 Å². The lowest BCUT2D eigenvalue weighted by Crippen LogP contribution is -2.43. The lowest BCUT2D eigenvalue weighted by atomic mass is 9.96. The third-order valence-electron chi connectivity index (χ3n) is 5.40. The van der Waals surface area contributed by atoms with Crippen LogP contribution in [0.2, 0.25) is 0 Å². The number of carbonyl (C=O) groups is 1. The SMILES string of the molecule is C[C@H](CNC(=O)C1CCN(S(=O)(=O)c2ccc(C#N)cc2)CC1)c1ccccc1. The molecule has 0 aliphatic carbocycles. The van der Waals surface area contributed by atoms with E-state index in [-0.39, 0.29) is 22.6 Å². The standard InChI is InChI=1S/C22H25N3O3S/c1-17(19-5-3-2-4-6-19)16-24-22(26)20-11-13-25(14-12-20)29(27,28)21-9-7-18(15-23)8-10-21/h2-10,17,20H,11-14,16H2,1H3,(H,24,26)/t17-/m1/s1. The van der Waals surface area contributed by atoms with Gasteiger partial charge in [-0.15, -0.1) is 0 Å². The van der Waals surface area contributed by atoms with Crippen molar-refractivity contribution in [2.24, 2.45) is 5.92 Å². The monoisotopic (exact) mass is 411 g/mol. The number of rotatable bonds is 6. The van der Waals surface area contributed by atoms with Crippen LogP contribution in [-0.2, 0) is 14.8 Å². The van der Waals surface area contributed by atoms with Crippen LogP contribution >= 0.6 is 0 Å². The molecule has 0 spiro atoms. The average Bonchev–Trinajstić information content (AvgIpc) is 2.78. The Hall–Kier alpha value is -2.69. The maximum absolute atomic E-state index is 12.8. The van der Waals surface area contributed by atoms with Gasteiger partial charge >= 0.3 is 0 Å². The van der Waals surface area contributed by atoms with Crippen molar-refractivity contribution in [1.82, 2.24) is 9.62 Å². The van der Waals surface area contributed by atoms with Crippen molar-refractivity contribution in [2.45, 2.75) is 30.6 Å². The topological polar surface area (TPSA) is 90.3 Å². The third-order valence-corrected chi connectivity index (χ3v) is 7.31. The summed E-state index contributed by atoms with van der Waals surface area (Å²) in [5.74, 6) is 0.0330. The molecular formula is C22H25N3O3S. The molecule has 1 fully saturated rings. The average molecular weight is 412 g/mol. The molecule has 1 amide bonds. The Kier molecular flexibility index (Phi) is 6.68. The van der Waals surface area contributed by atoms with Gasteiger partial charge < -0.3 is 5.32 Å². The zero-order chi connectivity index (χ0) is 20.9. The largest absolute Gasteiger partial charge is 0.355 e. The Morgan fingerprint density at radius 3 is 2.34 bits per heavy atom. The molecule has 1 atom stereocenters. The molecule has 3 rings (SSSR count). The second kappa shape index (κ2) is 9.21. The van der Waals surface area contributed by atoms with Gasteiger partial charge in [-0.05, 0) is 48.6 Å². The second-order valence-electron chi connectivity index (χ2n) is 7.37. The number of nitrogens with one attached hydrogen (secondary N) is 1. The molecule has 0 unspecified atom stereocenters. The van der Waals surface area contributed by atoms with Crippen LogP contribution in [0.5, 0.6) is 0 Å². The summed E-state index contributed by atoms with van der Waals surface area (Å²) in [5.41, 5.74) is 1.60. The van der Waals surface area contributed by atoms with Crippen molar-refractivity contribution >= 4 is 15.9 Å². The molecular weight excluding hydrogens is 386 g/mol. The number of amides is 1. The Morgan fingerprint density at radius 2 is 1.76 bits per heavy atom. The first-order chi connectivity index (χ1) is 13.9. The van der Waals surface area contributed by atoms with Crippen LogP contribution in [-0.4, -0.2) is 38.3 Å². The van der Waals surface area contributed by atoms with Gasteiger partial charge in [-0.25, -0.2) is 8.42 Å². The van der Waals surface area contributed by atoms with E-state index in [0.29, 0.717) is 38.0 Å². The van der Waals surface area contributed by atoms with Crippen LogP contribution in [0.25, 0.3) is 0 Å². The van der Waals surface area contributed by atoms with E-state index in [9.17, 15) is 13.2 Å².